The second-order valence-electron chi connectivity index (χ2n) is 9.20. The van der Waals surface area contributed by atoms with E-state index in [0.29, 0.717) is 53.2 Å². The predicted molar refractivity (Wildman–Crippen MR) is 177 cm³/mol. The van der Waals surface area contributed by atoms with E-state index in [1.165, 1.54) is 19.4 Å². The molecule has 1 aromatic heterocycles. The van der Waals surface area contributed by atoms with E-state index >= 15 is 0 Å². The summed E-state index contributed by atoms with van der Waals surface area (Å²) in [6.45, 7) is 0. The maximum atomic E-state index is 13.6. The van der Waals surface area contributed by atoms with Gasteiger partial charge < -0.3 is 23.9 Å². The molecule has 0 aliphatic rings. The Morgan fingerprint density at radius 1 is 0.886 bits per heavy atom. The van der Waals surface area contributed by atoms with Crippen LogP contribution in [0, 0.1) is 0 Å². The number of hydrazone groups is 1. The van der Waals surface area contributed by atoms with Crippen molar-refractivity contribution in [2.45, 2.75) is 0 Å². The number of carbonyl (C=O) groups is 2. The number of methoxy groups -OCH3 is 3. The molecule has 9 nitrogen and oxygen atoms in total. The number of esters is 1. The van der Waals surface area contributed by atoms with Crippen LogP contribution in [-0.2, 0) is 0 Å². The standard InChI is InChI=1S/C32H24Br2ClN3O6/c1-41-23-10-9-20(35)15-21(23)32(40)44-30-18(13-19(33)14-22(30)34)16-36-38-31(39)29-26(17-7-5-4-6-8-17)27-24(42-2)11-12-25(43-3)28(27)37-29/h4-16,37H,1-3H3,(H,38,39). The summed E-state index contributed by atoms with van der Waals surface area (Å²) in [6.07, 6.45) is 1.37. The number of nitrogens with one attached hydrogen (secondary N) is 2. The molecule has 0 aliphatic heterocycles. The van der Waals surface area contributed by atoms with Gasteiger partial charge in [-0.15, -0.1) is 0 Å². The Kier molecular flexibility index (Phi) is 9.58. The number of hydrogen-bond acceptors (Lipinski definition) is 7. The molecule has 0 aliphatic carbocycles. The fourth-order valence-electron chi connectivity index (χ4n) is 4.64. The van der Waals surface area contributed by atoms with Crippen molar-refractivity contribution < 1.29 is 28.5 Å². The number of benzene rings is 4. The van der Waals surface area contributed by atoms with Crippen molar-refractivity contribution in [3.05, 3.63) is 104 Å². The van der Waals surface area contributed by atoms with Crippen LogP contribution in [0.4, 0.5) is 0 Å². The smallest absolute Gasteiger partial charge is 0.347 e. The van der Waals surface area contributed by atoms with Crippen LogP contribution in [-0.4, -0.2) is 44.4 Å². The maximum absolute atomic E-state index is 13.6. The number of ether oxygens (including phenoxy) is 4. The SMILES string of the molecule is COc1ccc(Cl)cc1C(=O)Oc1c(Br)cc(Br)cc1C=NNC(=O)c1[nH]c2c(OC)ccc(OC)c2c1-c1ccccc1. The molecule has 5 aromatic rings. The Morgan fingerprint density at radius 2 is 1.57 bits per heavy atom. The molecule has 0 radical (unpaired) electrons. The fraction of sp³-hybridized carbons (Fsp3) is 0.0938. The Bertz CT molecular complexity index is 1910. The molecule has 224 valence electrons. The highest BCUT2D eigenvalue weighted by Gasteiger charge is 2.24. The summed E-state index contributed by atoms with van der Waals surface area (Å²) in [6, 6.07) is 21.0. The van der Waals surface area contributed by atoms with E-state index in [0.717, 1.165) is 5.56 Å². The van der Waals surface area contributed by atoms with Gasteiger partial charge in [-0.05, 0) is 64.0 Å². The first-order valence-corrected chi connectivity index (χ1v) is 14.9. The molecule has 4 aromatic carbocycles. The number of hydrogen-bond donors (Lipinski definition) is 2. The van der Waals surface area contributed by atoms with Gasteiger partial charge in [-0.3, -0.25) is 4.79 Å². The molecule has 0 bridgehead atoms. The molecule has 0 saturated carbocycles. The van der Waals surface area contributed by atoms with E-state index in [9.17, 15) is 9.59 Å². The van der Waals surface area contributed by atoms with Crippen molar-refractivity contribution >= 4 is 72.5 Å². The van der Waals surface area contributed by atoms with E-state index in [1.807, 2.05) is 30.3 Å². The molecule has 0 spiro atoms. The van der Waals surface area contributed by atoms with Gasteiger partial charge in [-0.25, -0.2) is 10.2 Å². The summed E-state index contributed by atoms with van der Waals surface area (Å²) in [7, 11) is 4.56. The number of fused-ring (bicyclic) bond motifs is 1. The highest BCUT2D eigenvalue weighted by molar-refractivity contribution is 9.11. The Hall–Kier alpha value is -4.32. The number of halogens is 3. The minimum atomic E-state index is -0.695. The van der Waals surface area contributed by atoms with Crippen LogP contribution in [0.3, 0.4) is 0 Å². The number of carbonyl (C=O) groups excluding carboxylic acids is 2. The highest BCUT2D eigenvalue weighted by atomic mass is 79.9. The molecule has 0 fully saturated rings. The summed E-state index contributed by atoms with van der Waals surface area (Å²) >= 11 is 13.0. The van der Waals surface area contributed by atoms with Crippen LogP contribution >= 0.6 is 43.5 Å². The van der Waals surface area contributed by atoms with Crippen molar-refractivity contribution in [3.63, 3.8) is 0 Å². The maximum Gasteiger partial charge on any atom is 0.347 e. The van der Waals surface area contributed by atoms with Gasteiger partial charge in [0.15, 0.2) is 5.75 Å². The largest absolute Gasteiger partial charge is 0.496 e. The predicted octanol–water partition coefficient (Wildman–Crippen LogP) is 8.02. The summed E-state index contributed by atoms with van der Waals surface area (Å²) in [4.78, 5) is 29.9. The third kappa shape index (κ3) is 6.30. The van der Waals surface area contributed by atoms with Crippen molar-refractivity contribution in [2.24, 2.45) is 5.10 Å². The van der Waals surface area contributed by atoms with Gasteiger partial charge in [0.05, 0.1) is 42.9 Å². The molecular formula is C32H24Br2ClN3O6. The molecule has 1 heterocycles. The van der Waals surface area contributed by atoms with Crippen molar-refractivity contribution in [3.8, 4) is 34.1 Å². The second-order valence-corrected chi connectivity index (χ2v) is 11.4. The van der Waals surface area contributed by atoms with Gasteiger partial charge in [0.25, 0.3) is 5.91 Å². The van der Waals surface area contributed by atoms with Crippen molar-refractivity contribution in [2.75, 3.05) is 21.3 Å². The summed E-state index contributed by atoms with van der Waals surface area (Å²) in [5.74, 6) is 0.373. The number of aromatic nitrogens is 1. The van der Waals surface area contributed by atoms with Gasteiger partial charge in [0.1, 0.15) is 28.5 Å². The average Bonchev–Trinajstić information content (AvgIpc) is 3.43. The van der Waals surface area contributed by atoms with Crippen LogP contribution in [0.2, 0.25) is 5.02 Å². The summed E-state index contributed by atoms with van der Waals surface area (Å²) in [5.41, 5.74) is 5.38. The summed E-state index contributed by atoms with van der Waals surface area (Å²) in [5, 5.41) is 5.23. The van der Waals surface area contributed by atoms with Crippen LogP contribution in [0.15, 0.2) is 86.8 Å². The van der Waals surface area contributed by atoms with Gasteiger partial charge in [-0.1, -0.05) is 57.9 Å². The number of nitrogens with zero attached hydrogens (tertiary/aromatic N) is 1. The molecular weight excluding hydrogens is 718 g/mol. The zero-order valence-electron chi connectivity index (χ0n) is 23.5. The lowest BCUT2D eigenvalue weighted by molar-refractivity contribution is 0.0729. The topological polar surface area (TPSA) is 111 Å². The number of H-pyrrole nitrogens is 1. The third-order valence-electron chi connectivity index (χ3n) is 6.59. The van der Waals surface area contributed by atoms with Crippen LogP contribution in [0.5, 0.6) is 23.0 Å². The van der Waals surface area contributed by atoms with E-state index in [-0.39, 0.29) is 17.0 Å². The Balaban J connectivity index is 1.50. The van der Waals surface area contributed by atoms with E-state index < -0.39 is 11.9 Å². The summed E-state index contributed by atoms with van der Waals surface area (Å²) < 4.78 is 23.4. The lowest BCUT2D eigenvalue weighted by atomic mass is 10.0. The van der Waals surface area contributed by atoms with Gasteiger partial charge >= 0.3 is 5.97 Å². The number of amides is 1. The van der Waals surface area contributed by atoms with Gasteiger partial charge in [0, 0.05) is 20.6 Å². The Morgan fingerprint density at radius 3 is 2.27 bits per heavy atom. The van der Waals surface area contributed by atoms with Crippen LogP contribution < -0.4 is 24.4 Å². The zero-order chi connectivity index (χ0) is 31.4. The average molecular weight is 742 g/mol. The molecule has 12 heteroatoms. The van der Waals surface area contributed by atoms with E-state index in [4.69, 9.17) is 30.5 Å². The monoisotopic (exact) mass is 739 g/mol. The number of aromatic amines is 1. The van der Waals surface area contributed by atoms with E-state index in [2.05, 4.69) is 47.4 Å². The lowest BCUT2D eigenvalue weighted by Gasteiger charge is -2.12. The molecule has 44 heavy (non-hydrogen) atoms. The zero-order valence-corrected chi connectivity index (χ0v) is 27.5. The van der Waals surface area contributed by atoms with Crippen molar-refractivity contribution in [1.82, 2.24) is 10.4 Å². The second kappa shape index (κ2) is 13.5. The molecule has 0 atom stereocenters. The van der Waals surface area contributed by atoms with Gasteiger partial charge in [0.2, 0.25) is 0 Å². The van der Waals surface area contributed by atoms with E-state index in [1.54, 1.807) is 50.6 Å². The molecule has 1 amide bonds. The quantitative estimate of drug-likeness (QED) is 0.0686. The molecule has 5 rings (SSSR count). The lowest BCUT2D eigenvalue weighted by Crippen LogP contribution is -2.19. The van der Waals surface area contributed by atoms with Gasteiger partial charge in [-0.2, -0.15) is 5.10 Å². The first-order valence-electron chi connectivity index (χ1n) is 13.0. The molecule has 0 saturated heterocycles. The molecule has 2 N–H and O–H groups in total. The number of rotatable bonds is 9. The van der Waals surface area contributed by atoms with Crippen molar-refractivity contribution in [1.29, 1.82) is 0 Å². The van der Waals surface area contributed by atoms with Crippen LogP contribution in [0.1, 0.15) is 26.4 Å². The first kappa shape index (κ1) is 31.1. The minimum Gasteiger partial charge on any atom is -0.496 e. The normalized spacial score (nSPS) is 11.0. The Labute approximate surface area is 274 Å². The molecule has 0 unspecified atom stereocenters. The third-order valence-corrected chi connectivity index (χ3v) is 7.87. The highest BCUT2D eigenvalue weighted by Crippen LogP contribution is 2.42. The fourth-order valence-corrected chi connectivity index (χ4v) is 6.15. The van der Waals surface area contributed by atoms with Crippen LogP contribution in [0.25, 0.3) is 22.0 Å². The first-order chi connectivity index (χ1) is 21.2. The minimum absolute atomic E-state index is 0.143.